The molecule has 0 atom stereocenters. The first-order valence-electron chi connectivity index (χ1n) is 7.97. The number of nitrogens with zero attached hydrogens (tertiary/aromatic N) is 2. The number of carbonyl (C=O) groups excluding carboxylic acids is 1. The number of methoxy groups -OCH3 is 1. The van der Waals surface area contributed by atoms with E-state index < -0.39 is 5.82 Å². The van der Waals surface area contributed by atoms with Gasteiger partial charge in [0.15, 0.2) is 0 Å². The predicted octanol–water partition coefficient (Wildman–Crippen LogP) is 3.11. The van der Waals surface area contributed by atoms with Crippen molar-refractivity contribution in [3.63, 3.8) is 0 Å². The Morgan fingerprint density at radius 2 is 2.15 bits per heavy atom. The van der Waals surface area contributed by atoms with Crippen LogP contribution in [0.25, 0.3) is 10.2 Å². The molecule has 8 heteroatoms. The average molecular weight is 375 g/mol. The zero-order chi connectivity index (χ0) is 18.8. The number of aryl methyl sites for hydroxylation is 2. The van der Waals surface area contributed by atoms with Crippen molar-refractivity contribution in [2.24, 2.45) is 0 Å². The van der Waals surface area contributed by atoms with E-state index in [0.717, 1.165) is 16.9 Å². The van der Waals surface area contributed by atoms with Crippen LogP contribution in [0.1, 0.15) is 20.8 Å². The third kappa shape index (κ3) is 3.38. The van der Waals surface area contributed by atoms with E-state index in [1.807, 2.05) is 0 Å². The van der Waals surface area contributed by atoms with E-state index in [1.165, 1.54) is 23.0 Å². The number of hydrogen-bond acceptors (Lipinski definition) is 5. The van der Waals surface area contributed by atoms with Gasteiger partial charge in [0, 0.05) is 12.8 Å². The van der Waals surface area contributed by atoms with E-state index in [0.29, 0.717) is 39.5 Å². The Morgan fingerprint density at radius 3 is 2.88 bits per heavy atom. The third-order valence-corrected chi connectivity index (χ3v) is 5.31. The molecule has 3 aromatic rings. The molecule has 26 heavy (non-hydrogen) atoms. The molecule has 1 aromatic carbocycles. The van der Waals surface area contributed by atoms with E-state index in [-0.39, 0.29) is 11.5 Å². The predicted molar refractivity (Wildman–Crippen MR) is 99.6 cm³/mol. The van der Waals surface area contributed by atoms with Crippen molar-refractivity contribution < 1.29 is 13.9 Å². The van der Waals surface area contributed by atoms with Crippen LogP contribution in [0.5, 0.6) is 0 Å². The van der Waals surface area contributed by atoms with Gasteiger partial charge in [-0.25, -0.2) is 9.37 Å². The van der Waals surface area contributed by atoms with Crippen molar-refractivity contribution in [3.05, 3.63) is 56.7 Å². The number of benzene rings is 1. The first-order valence-corrected chi connectivity index (χ1v) is 8.79. The van der Waals surface area contributed by atoms with E-state index in [1.54, 1.807) is 27.0 Å². The molecule has 0 aliphatic rings. The highest BCUT2D eigenvalue weighted by atomic mass is 32.1. The number of fused-ring (bicyclic) bond motifs is 1. The molecular formula is C18H18FN3O3S. The molecule has 0 radical (unpaired) electrons. The summed E-state index contributed by atoms with van der Waals surface area (Å²) in [4.78, 5) is 30.5. The molecule has 0 fully saturated rings. The van der Waals surface area contributed by atoms with Gasteiger partial charge in [-0.1, -0.05) is 6.07 Å². The largest absolute Gasteiger partial charge is 0.383 e. The van der Waals surface area contributed by atoms with Crippen LogP contribution in [0, 0.1) is 19.7 Å². The van der Waals surface area contributed by atoms with Crippen molar-refractivity contribution in [2.45, 2.75) is 20.4 Å². The van der Waals surface area contributed by atoms with Crippen molar-refractivity contribution in [1.29, 1.82) is 0 Å². The Kier molecular flexibility index (Phi) is 5.15. The molecule has 6 nitrogen and oxygen atoms in total. The Bertz CT molecular complexity index is 1040. The van der Waals surface area contributed by atoms with Crippen molar-refractivity contribution in [1.82, 2.24) is 9.55 Å². The molecule has 3 rings (SSSR count). The standard InChI is InChI=1S/C18H18FN3O3S/c1-10-4-5-12(19)8-13(10)21-16(23)15-11(2)14-17(26-15)20-9-22(18(14)24)6-7-25-3/h4-5,8-9H,6-7H2,1-3H3,(H,21,23). The van der Waals surface area contributed by atoms with Crippen LogP contribution in [0.3, 0.4) is 0 Å². The topological polar surface area (TPSA) is 73.2 Å². The second-order valence-electron chi connectivity index (χ2n) is 5.89. The maximum atomic E-state index is 13.4. The number of halogens is 1. The SMILES string of the molecule is COCCn1cnc2sc(C(=O)Nc3cc(F)ccc3C)c(C)c2c1=O. The fourth-order valence-corrected chi connectivity index (χ4v) is 3.67. The summed E-state index contributed by atoms with van der Waals surface area (Å²) in [5.41, 5.74) is 1.51. The summed E-state index contributed by atoms with van der Waals surface area (Å²) in [6.07, 6.45) is 1.46. The lowest BCUT2D eigenvalue weighted by molar-refractivity contribution is 0.103. The fourth-order valence-electron chi connectivity index (χ4n) is 2.63. The molecule has 0 bridgehead atoms. The maximum Gasteiger partial charge on any atom is 0.266 e. The van der Waals surface area contributed by atoms with Gasteiger partial charge in [0.2, 0.25) is 0 Å². The summed E-state index contributed by atoms with van der Waals surface area (Å²) in [6, 6.07) is 4.20. The summed E-state index contributed by atoms with van der Waals surface area (Å²) in [5.74, 6) is -0.816. The highest BCUT2D eigenvalue weighted by Gasteiger charge is 2.20. The van der Waals surface area contributed by atoms with Crippen LogP contribution < -0.4 is 10.9 Å². The summed E-state index contributed by atoms with van der Waals surface area (Å²) in [7, 11) is 1.56. The van der Waals surface area contributed by atoms with Gasteiger partial charge in [0.1, 0.15) is 10.6 Å². The summed E-state index contributed by atoms with van der Waals surface area (Å²) < 4.78 is 19.9. The molecule has 0 saturated carbocycles. The molecule has 1 amide bonds. The highest BCUT2D eigenvalue weighted by molar-refractivity contribution is 7.20. The van der Waals surface area contributed by atoms with E-state index in [2.05, 4.69) is 10.3 Å². The molecule has 1 N–H and O–H groups in total. The zero-order valence-corrected chi connectivity index (χ0v) is 15.4. The number of hydrogen-bond donors (Lipinski definition) is 1. The number of amides is 1. The highest BCUT2D eigenvalue weighted by Crippen LogP contribution is 2.28. The second-order valence-corrected chi connectivity index (χ2v) is 6.88. The van der Waals surface area contributed by atoms with Crippen LogP contribution in [-0.2, 0) is 11.3 Å². The lowest BCUT2D eigenvalue weighted by Gasteiger charge is -2.08. The molecule has 0 aliphatic carbocycles. The number of carbonyl (C=O) groups is 1. The van der Waals surface area contributed by atoms with Gasteiger partial charge in [0.25, 0.3) is 11.5 Å². The Morgan fingerprint density at radius 1 is 1.38 bits per heavy atom. The minimum absolute atomic E-state index is 0.207. The van der Waals surface area contributed by atoms with Gasteiger partial charge < -0.3 is 10.1 Å². The quantitative estimate of drug-likeness (QED) is 0.744. The van der Waals surface area contributed by atoms with Crippen LogP contribution in [0.15, 0.2) is 29.3 Å². The molecule has 136 valence electrons. The van der Waals surface area contributed by atoms with Gasteiger partial charge in [-0.2, -0.15) is 0 Å². The van der Waals surface area contributed by atoms with Crippen LogP contribution >= 0.6 is 11.3 Å². The molecular weight excluding hydrogens is 357 g/mol. The summed E-state index contributed by atoms with van der Waals surface area (Å²) in [6.45, 7) is 4.28. The molecule has 0 aliphatic heterocycles. The van der Waals surface area contributed by atoms with Gasteiger partial charge in [-0.05, 0) is 37.1 Å². The Labute approximate surface area is 153 Å². The van der Waals surface area contributed by atoms with Gasteiger partial charge in [-0.15, -0.1) is 11.3 Å². The molecule has 0 spiro atoms. The Hall–Kier alpha value is -2.58. The second kappa shape index (κ2) is 7.35. The van der Waals surface area contributed by atoms with Crippen LogP contribution in [0.4, 0.5) is 10.1 Å². The number of aromatic nitrogens is 2. The number of thiophene rings is 1. The van der Waals surface area contributed by atoms with Gasteiger partial charge in [0.05, 0.1) is 29.7 Å². The van der Waals surface area contributed by atoms with Gasteiger partial charge in [-0.3, -0.25) is 14.2 Å². The fraction of sp³-hybridized carbons (Fsp3) is 0.278. The van der Waals surface area contributed by atoms with Crippen molar-refractivity contribution in [3.8, 4) is 0 Å². The molecule has 2 heterocycles. The lowest BCUT2D eigenvalue weighted by Crippen LogP contribution is -2.22. The van der Waals surface area contributed by atoms with Crippen LogP contribution in [0.2, 0.25) is 0 Å². The number of ether oxygens (including phenoxy) is 1. The minimum atomic E-state index is -0.429. The van der Waals surface area contributed by atoms with Crippen molar-refractivity contribution >= 4 is 33.1 Å². The molecule has 0 unspecified atom stereocenters. The number of anilines is 1. The normalized spacial score (nSPS) is 11.1. The summed E-state index contributed by atoms with van der Waals surface area (Å²) in [5, 5.41) is 3.14. The smallest absolute Gasteiger partial charge is 0.266 e. The molecule has 2 aromatic heterocycles. The first kappa shape index (κ1) is 18.2. The van der Waals surface area contributed by atoms with Gasteiger partial charge >= 0.3 is 0 Å². The Balaban J connectivity index is 1.99. The third-order valence-electron chi connectivity index (χ3n) is 4.11. The minimum Gasteiger partial charge on any atom is -0.383 e. The van der Waals surface area contributed by atoms with Crippen molar-refractivity contribution in [2.75, 3.05) is 19.0 Å². The van der Waals surface area contributed by atoms with Crippen LogP contribution in [-0.4, -0.2) is 29.2 Å². The number of rotatable bonds is 5. The maximum absolute atomic E-state index is 13.4. The van der Waals surface area contributed by atoms with E-state index in [9.17, 15) is 14.0 Å². The van der Waals surface area contributed by atoms with E-state index >= 15 is 0 Å². The van der Waals surface area contributed by atoms with E-state index in [4.69, 9.17) is 4.74 Å². The molecule has 0 saturated heterocycles. The lowest BCUT2D eigenvalue weighted by atomic mass is 10.1. The summed E-state index contributed by atoms with van der Waals surface area (Å²) >= 11 is 1.15. The monoisotopic (exact) mass is 375 g/mol. The number of nitrogens with one attached hydrogen (secondary N) is 1. The average Bonchev–Trinajstić information content (AvgIpc) is 2.95. The zero-order valence-electron chi connectivity index (χ0n) is 14.6. The first-order chi connectivity index (χ1) is 12.4.